The predicted molar refractivity (Wildman–Crippen MR) is 120 cm³/mol. The van der Waals surface area contributed by atoms with E-state index in [9.17, 15) is 8.42 Å². The van der Waals surface area contributed by atoms with E-state index in [4.69, 9.17) is 4.74 Å². The molecule has 2 atom stereocenters. The van der Waals surface area contributed by atoms with E-state index in [2.05, 4.69) is 34.9 Å². The summed E-state index contributed by atoms with van der Waals surface area (Å²) in [6, 6.07) is 16.1. The van der Waals surface area contributed by atoms with Gasteiger partial charge in [-0.3, -0.25) is 0 Å². The molecule has 1 saturated heterocycles. The summed E-state index contributed by atoms with van der Waals surface area (Å²) in [6.07, 6.45) is 2.17. The molecule has 0 aromatic heterocycles. The molecular formula is C23H33N3O3S. The van der Waals surface area contributed by atoms with Gasteiger partial charge in [-0.2, -0.15) is 4.31 Å². The molecule has 0 spiro atoms. The van der Waals surface area contributed by atoms with Gasteiger partial charge < -0.3 is 15.4 Å². The number of hydrogen-bond donors (Lipinski definition) is 2. The molecule has 1 heterocycles. The number of piperidine rings is 1. The molecule has 1 fully saturated rings. The lowest BCUT2D eigenvalue weighted by Gasteiger charge is -2.34. The number of nitrogens with one attached hydrogen (secondary N) is 2. The van der Waals surface area contributed by atoms with Crippen molar-refractivity contribution in [2.45, 2.75) is 50.2 Å². The van der Waals surface area contributed by atoms with Gasteiger partial charge in [0.25, 0.3) is 0 Å². The summed E-state index contributed by atoms with van der Waals surface area (Å²) < 4.78 is 32.9. The first-order valence-electron chi connectivity index (χ1n) is 10.7. The molecule has 0 saturated carbocycles. The van der Waals surface area contributed by atoms with Crippen LogP contribution in [-0.4, -0.2) is 45.5 Å². The van der Waals surface area contributed by atoms with Gasteiger partial charge in [0, 0.05) is 37.3 Å². The Hall–Kier alpha value is -1.93. The van der Waals surface area contributed by atoms with Crippen molar-refractivity contribution in [1.29, 1.82) is 0 Å². The van der Waals surface area contributed by atoms with Crippen molar-refractivity contribution in [3.63, 3.8) is 0 Å². The van der Waals surface area contributed by atoms with Gasteiger partial charge in [0.1, 0.15) is 5.75 Å². The van der Waals surface area contributed by atoms with E-state index < -0.39 is 10.0 Å². The van der Waals surface area contributed by atoms with Crippen molar-refractivity contribution in [2.75, 3.05) is 26.7 Å². The minimum absolute atomic E-state index is 0.230. The first-order chi connectivity index (χ1) is 14.5. The molecule has 0 aliphatic carbocycles. The highest BCUT2D eigenvalue weighted by Crippen LogP contribution is 2.27. The van der Waals surface area contributed by atoms with Gasteiger partial charge in [-0.15, -0.1) is 0 Å². The van der Waals surface area contributed by atoms with Crippen LogP contribution in [0.15, 0.2) is 53.4 Å². The molecule has 1 aliphatic rings. The smallest absolute Gasteiger partial charge is 0.243 e. The van der Waals surface area contributed by atoms with Crippen molar-refractivity contribution in [3.8, 4) is 5.75 Å². The topological polar surface area (TPSA) is 70.7 Å². The van der Waals surface area contributed by atoms with E-state index >= 15 is 0 Å². The van der Waals surface area contributed by atoms with E-state index in [-0.39, 0.29) is 12.1 Å². The minimum atomic E-state index is -3.51. The van der Waals surface area contributed by atoms with Crippen molar-refractivity contribution >= 4 is 10.0 Å². The lowest BCUT2D eigenvalue weighted by molar-refractivity contribution is 0.302. The fraction of sp³-hybridized carbons (Fsp3) is 0.478. The molecule has 0 radical (unpaired) electrons. The normalized spacial score (nSPS) is 19.7. The van der Waals surface area contributed by atoms with Crippen LogP contribution in [0.1, 0.15) is 43.9 Å². The summed E-state index contributed by atoms with van der Waals surface area (Å²) in [5, 5.41) is 7.27. The fourth-order valence-corrected chi connectivity index (χ4v) is 5.64. The third-order valence-corrected chi connectivity index (χ3v) is 7.81. The summed E-state index contributed by atoms with van der Waals surface area (Å²) in [5.74, 6) is 0.695. The van der Waals surface area contributed by atoms with Crippen LogP contribution in [-0.2, 0) is 16.6 Å². The molecule has 3 rings (SSSR count). The quantitative estimate of drug-likeness (QED) is 0.637. The van der Waals surface area contributed by atoms with E-state index in [1.165, 1.54) is 9.87 Å². The summed E-state index contributed by atoms with van der Waals surface area (Å²) in [6.45, 7) is 6.15. The zero-order valence-electron chi connectivity index (χ0n) is 18.1. The highest BCUT2D eigenvalue weighted by Gasteiger charge is 2.27. The average Bonchev–Trinajstić information content (AvgIpc) is 2.79. The van der Waals surface area contributed by atoms with Crippen LogP contribution < -0.4 is 15.4 Å². The SMILES string of the molecule is CCN(CC)S(=O)(=O)c1ccc(OC)c(CN[C@H]2CCCN[C@H]2c2ccccc2)c1. The van der Waals surface area contributed by atoms with E-state index in [1.54, 1.807) is 25.3 Å². The molecule has 7 heteroatoms. The lowest BCUT2D eigenvalue weighted by Crippen LogP contribution is -2.45. The second-order valence-corrected chi connectivity index (χ2v) is 9.47. The molecule has 0 unspecified atom stereocenters. The molecule has 1 aliphatic heterocycles. The molecule has 164 valence electrons. The Balaban J connectivity index is 1.81. The Morgan fingerprint density at radius 1 is 1.13 bits per heavy atom. The number of benzene rings is 2. The highest BCUT2D eigenvalue weighted by molar-refractivity contribution is 7.89. The number of sulfonamides is 1. The van der Waals surface area contributed by atoms with Crippen LogP contribution in [0.3, 0.4) is 0 Å². The van der Waals surface area contributed by atoms with Gasteiger partial charge in [0.2, 0.25) is 10.0 Å². The van der Waals surface area contributed by atoms with Crippen molar-refractivity contribution < 1.29 is 13.2 Å². The molecule has 30 heavy (non-hydrogen) atoms. The summed E-state index contributed by atoms with van der Waals surface area (Å²) >= 11 is 0. The zero-order valence-corrected chi connectivity index (χ0v) is 18.9. The molecule has 0 amide bonds. The minimum Gasteiger partial charge on any atom is -0.496 e. The van der Waals surface area contributed by atoms with Crippen LogP contribution >= 0.6 is 0 Å². The Kier molecular flexibility index (Phi) is 7.88. The van der Waals surface area contributed by atoms with Crippen LogP contribution in [0.2, 0.25) is 0 Å². The zero-order chi connectivity index (χ0) is 21.6. The van der Waals surface area contributed by atoms with Crippen molar-refractivity contribution in [1.82, 2.24) is 14.9 Å². The van der Waals surface area contributed by atoms with E-state index in [0.29, 0.717) is 30.3 Å². The van der Waals surface area contributed by atoms with Crippen LogP contribution in [0.25, 0.3) is 0 Å². The number of hydrogen-bond acceptors (Lipinski definition) is 5. The monoisotopic (exact) mass is 431 g/mol. The third-order valence-electron chi connectivity index (χ3n) is 5.77. The third kappa shape index (κ3) is 5.03. The lowest BCUT2D eigenvalue weighted by atomic mass is 9.92. The Morgan fingerprint density at radius 3 is 2.53 bits per heavy atom. The average molecular weight is 432 g/mol. The molecule has 2 aromatic carbocycles. The molecule has 2 N–H and O–H groups in total. The molecule has 2 aromatic rings. The standard InChI is InChI=1S/C23H33N3O3S/c1-4-26(5-2)30(27,28)20-13-14-22(29-3)19(16-20)17-25-21-12-9-15-24-23(21)18-10-7-6-8-11-18/h6-8,10-11,13-14,16,21,23-25H,4-5,9,12,15,17H2,1-3H3/t21-,23-/m0/s1. The fourth-order valence-electron chi connectivity index (χ4n) is 4.13. The maximum atomic E-state index is 12.9. The van der Waals surface area contributed by atoms with E-state index in [1.807, 2.05) is 19.9 Å². The summed E-state index contributed by atoms with van der Waals surface area (Å²) in [7, 11) is -1.89. The van der Waals surface area contributed by atoms with Gasteiger partial charge >= 0.3 is 0 Å². The molecular weight excluding hydrogens is 398 g/mol. The number of nitrogens with zero attached hydrogens (tertiary/aromatic N) is 1. The number of ether oxygens (including phenoxy) is 1. The van der Waals surface area contributed by atoms with Crippen molar-refractivity contribution in [3.05, 3.63) is 59.7 Å². The van der Waals surface area contributed by atoms with Gasteiger partial charge in [0.05, 0.1) is 12.0 Å². The highest BCUT2D eigenvalue weighted by atomic mass is 32.2. The van der Waals surface area contributed by atoms with Gasteiger partial charge in [-0.1, -0.05) is 44.2 Å². The second kappa shape index (κ2) is 10.4. The predicted octanol–water partition coefficient (Wildman–Crippen LogP) is 3.31. The number of methoxy groups -OCH3 is 1. The van der Waals surface area contributed by atoms with Gasteiger partial charge in [-0.05, 0) is 43.1 Å². The largest absolute Gasteiger partial charge is 0.496 e. The second-order valence-electron chi connectivity index (χ2n) is 7.54. The Morgan fingerprint density at radius 2 is 1.87 bits per heavy atom. The number of rotatable bonds is 9. The summed E-state index contributed by atoms with van der Waals surface area (Å²) in [5.41, 5.74) is 2.11. The Bertz CT molecular complexity index is 915. The molecule has 0 bridgehead atoms. The van der Waals surface area contributed by atoms with Gasteiger partial charge in [0.15, 0.2) is 0 Å². The first-order valence-corrected chi connectivity index (χ1v) is 12.1. The van der Waals surface area contributed by atoms with E-state index in [0.717, 1.165) is 24.9 Å². The van der Waals surface area contributed by atoms with Crippen LogP contribution in [0, 0.1) is 0 Å². The van der Waals surface area contributed by atoms with Crippen LogP contribution in [0.5, 0.6) is 5.75 Å². The summed E-state index contributed by atoms with van der Waals surface area (Å²) in [4.78, 5) is 0.310. The van der Waals surface area contributed by atoms with Gasteiger partial charge in [-0.25, -0.2) is 8.42 Å². The van der Waals surface area contributed by atoms with Crippen LogP contribution in [0.4, 0.5) is 0 Å². The first kappa shape index (κ1) is 22.7. The Labute approximate surface area is 180 Å². The van der Waals surface area contributed by atoms with Crippen molar-refractivity contribution in [2.24, 2.45) is 0 Å². The maximum absolute atomic E-state index is 12.9. The maximum Gasteiger partial charge on any atom is 0.243 e. The molecule has 6 nitrogen and oxygen atoms in total.